The summed E-state index contributed by atoms with van der Waals surface area (Å²) in [6.07, 6.45) is 2.01. The van der Waals surface area contributed by atoms with Crippen LogP contribution >= 0.6 is 11.6 Å². The third-order valence-corrected chi connectivity index (χ3v) is 3.37. The lowest BCUT2D eigenvalue weighted by Gasteiger charge is -2.08. The first-order chi connectivity index (χ1) is 9.70. The van der Waals surface area contributed by atoms with Crippen molar-refractivity contribution in [2.75, 3.05) is 5.32 Å². The monoisotopic (exact) mass is 287 g/mol. The van der Waals surface area contributed by atoms with Crippen molar-refractivity contribution < 1.29 is 9.53 Å². The quantitative estimate of drug-likeness (QED) is 0.900. The number of hydrogen-bond acceptors (Lipinski definition) is 2. The Bertz CT molecular complexity index is 603. The van der Waals surface area contributed by atoms with Gasteiger partial charge in [-0.25, -0.2) is 0 Å². The van der Waals surface area contributed by atoms with E-state index in [0.717, 1.165) is 30.0 Å². The van der Waals surface area contributed by atoms with E-state index in [0.29, 0.717) is 5.02 Å². The first kappa shape index (κ1) is 13.0. The highest BCUT2D eigenvalue weighted by Crippen LogP contribution is 2.30. The highest BCUT2D eigenvalue weighted by Gasteiger charge is 2.29. The van der Waals surface area contributed by atoms with E-state index >= 15 is 0 Å². The van der Waals surface area contributed by atoms with Crippen molar-refractivity contribution in [3.05, 3.63) is 53.6 Å². The molecule has 1 amide bonds. The molecule has 3 nitrogen and oxygen atoms in total. The third-order valence-electron chi connectivity index (χ3n) is 3.12. The van der Waals surface area contributed by atoms with Crippen LogP contribution in [0.4, 0.5) is 5.69 Å². The molecule has 20 heavy (non-hydrogen) atoms. The number of carbonyl (C=O) groups is 1. The standard InChI is InChI=1S/C16H14ClNO2/c17-12-3-7-14(8-4-12)20-15-9-5-13(6-10-15)18-16(19)11-1-2-11/h3-11H,1-2H2,(H,18,19). The molecule has 1 saturated carbocycles. The van der Waals surface area contributed by atoms with E-state index in [9.17, 15) is 4.79 Å². The molecule has 0 radical (unpaired) electrons. The summed E-state index contributed by atoms with van der Waals surface area (Å²) in [5.41, 5.74) is 0.797. The summed E-state index contributed by atoms with van der Waals surface area (Å²) < 4.78 is 5.68. The van der Waals surface area contributed by atoms with Crippen molar-refractivity contribution in [3.8, 4) is 11.5 Å². The number of rotatable bonds is 4. The normalized spacial score (nSPS) is 13.8. The predicted octanol–water partition coefficient (Wildman–Crippen LogP) is 4.48. The SMILES string of the molecule is O=C(Nc1ccc(Oc2ccc(Cl)cc2)cc1)C1CC1. The highest BCUT2D eigenvalue weighted by atomic mass is 35.5. The number of hydrogen-bond donors (Lipinski definition) is 1. The molecule has 0 heterocycles. The lowest BCUT2D eigenvalue weighted by Crippen LogP contribution is -2.12. The van der Waals surface area contributed by atoms with Gasteiger partial charge < -0.3 is 10.1 Å². The van der Waals surface area contributed by atoms with Gasteiger partial charge in [0.2, 0.25) is 5.91 Å². The minimum Gasteiger partial charge on any atom is -0.457 e. The van der Waals surface area contributed by atoms with Crippen molar-refractivity contribution in [2.45, 2.75) is 12.8 Å². The topological polar surface area (TPSA) is 38.3 Å². The van der Waals surface area contributed by atoms with Crippen LogP contribution in [0.5, 0.6) is 11.5 Å². The zero-order chi connectivity index (χ0) is 13.9. The van der Waals surface area contributed by atoms with Gasteiger partial charge in [0.05, 0.1) is 0 Å². The van der Waals surface area contributed by atoms with Crippen LogP contribution in [0.3, 0.4) is 0 Å². The second kappa shape index (κ2) is 5.55. The minimum atomic E-state index is 0.108. The summed E-state index contributed by atoms with van der Waals surface area (Å²) >= 11 is 5.82. The molecule has 4 heteroatoms. The molecule has 0 atom stereocenters. The number of nitrogens with one attached hydrogen (secondary N) is 1. The van der Waals surface area contributed by atoms with Crippen LogP contribution in [0, 0.1) is 5.92 Å². The summed E-state index contributed by atoms with van der Waals surface area (Å²) in [5, 5.41) is 3.57. The van der Waals surface area contributed by atoms with E-state index in [1.165, 1.54) is 0 Å². The number of benzene rings is 2. The fourth-order valence-electron chi connectivity index (χ4n) is 1.83. The van der Waals surface area contributed by atoms with Crippen molar-refractivity contribution in [3.63, 3.8) is 0 Å². The van der Waals surface area contributed by atoms with Crippen LogP contribution in [0.1, 0.15) is 12.8 Å². The maximum atomic E-state index is 11.6. The van der Waals surface area contributed by atoms with Crippen molar-refractivity contribution in [1.29, 1.82) is 0 Å². The van der Waals surface area contributed by atoms with Gasteiger partial charge in [0, 0.05) is 16.6 Å². The molecule has 0 aliphatic heterocycles. The summed E-state index contributed by atoms with van der Waals surface area (Å²) in [6.45, 7) is 0. The Morgan fingerprint density at radius 1 is 1.00 bits per heavy atom. The Hall–Kier alpha value is -2.00. The van der Waals surface area contributed by atoms with Crippen molar-refractivity contribution in [1.82, 2.24) is 0 Å². The molecule has 1 aliphatic carbocycles. The van der Waals surface area contributed by atoms with Crippen LogP contribution in [0.15, 0.2) is 48.5 Å². The Morgan fingerprint density at radius 3 is 2.10 bits per heavy atom. The average molecular weight is 288 g/mol. The minimum absolute atomic E-state index is 0.108. The van der Waals surface area contributed by atoms with Gasteiger partial charge in [0.25, 0.3) is 0 Å². The molecular weight excluding hydrogens is 274 g/mol. The van der Waals surface area contributed by atoms with Crippen LogP contribution in [0.25, 0.3) is 0 Å². The molecule has 0 saturated heterocycles. The molecule has 0 unspecified atom stereocenters. The molecular formula is C16H14ClNO2. The average Bonchev–Trinajstić information content (AvgIpc) is 3.28. The number of amides is 1. The van der Waals surface area contributed by atoms with E-state index < -0.39 is 0 Å². The molecule has 1 aliphatic rings. The maximum absolute atomic E-state index is 11.6. The van der Waals surface area contributed by atoms with Crippen molar-refractivity contribution >= 4 is 23.2 Å². The smallest absolute Gasteiger partial charge is 0.227 e. The van der Waals surface area contributed by atoms with Crippen LogP contribution in [-0.4, -0.2) is 5.91 Å². The van der Waals surface area contributed by atoms with E-state index in [1.54, 1.807) is 12.1 Å². The summed E-state index contributed by atoms with van der Waals surface area (Å²) in [5.74, 6) is 1.76. The highest BCUT2D eigenvalue weighted by molar-refractivity contribution is 6.30. The lowest BCUT2D eigenvalue weighted by molar-refractivity contribution is -0.117. The maximum Gasteiger partial charge on any atom is 0.227 e. The fraction of sp³-hybridized carbons (Fsp3) is 0.188. The van der Waals surface area contributed by atoms with Crippen LogP contribution in [0.2, 0.25) is 5.02 Å². The van der Waals surface area contributed by atoms with E-state index in [-0.39, 0.29) is 11.8 Å². The molecule has 102 valence electrons. The summed E-state index contributed by atoms with van der Waals surface area (Å²) in [7, 11) is 0. The number of halogens is 1. The van der Waals surface area contributed by atoms with E-state index in [4.69, 9.17) is 16.3 Å². The van der Waals surface area contributed by atoms with E-state index in [2.05, 4.69) is 5.32 Å². The number of carbonyl (C=O) groups excluding carboxylic acids is 1. The molecule has 2 aromatic carbocycles. The van der Waals surface area contributed by atoms with Gasteiger partial charge in [0.1, 0.15) is 11.5 Å². The molecule has 2 aromatic rings. The Morgan fingerprint density at radius 2 is 1.55 bits per heavy atom. The first-order valence-electron chi connectivity index (χ1n) is 6.55. The number of ether oxygens (including phenoxy) is 1. The molecule has 1 N–H and O–H groups in total. The largest absolute Gasteiger partial charge is 0.457 e. The van der Waals surface area contributed by atoms with Crippen LogP contribution < -0.4 is 10.1 Å². The van der Waals surface area contributed by atoms with Gasteiger partial charge in [-0.15, -0.1) is 0 Å². The van der Waals surface area contributed by atoms with Crippen molar-refractivity contribution in [2.24, 2.45) is 5.92 Å². The van der Waals surface area contributed by atoms with Crippen LogP contribution in [-0.2, 0) is 4.79 Å². The zero-order valence-corrected chi connectivity index (χ0v) is 11.6. The molecule has 3 rings (SSSR count). The Labute approximate surface area is 122 Å². The first-order valence-corrected chi connectivity index (χ1v) is 6.93. The summed E-state index contributed by atoms with van der Waals surface area (Å²) in [4.78, 5) is 11.6. The second-order valence-electron chi connectivity index (χ2n) is 4.84. The second-order valence-corrected chi connectivity index (χ2v) is 5.28. The molecule has 0 bridgehead atoms. The third kappa shape index (κ3) is 3.31. The van der Waals surface area contributed by atoms with Gasteiger partial charge >= 0.3 is 0 Å². The predicted molar refractivity (Wildman–Crippen MR) is 79.3 cm³/mol. The Balaban J connectivity index is 1.63. The van der Waals surface area contributed by atoms with E-state index in [1.807, 2.05) is 36.4 Å². The van der Waals surface area contributed by atoms with Gasteiger partial charge in [-0.1, -0.05) is 11.6 Å². The van der Waals surface area contributed by atoms with Gasteiger partial charge in [0.15, 0.2) is 0 Å². The summed E-state index contributed by atoms with van der Waals surface area (Å²) in [6, 6.07) is 14.5. The Kier molecular flexibility index (Phi) is 3.61. The van der Waals surface area contributed by atoms with Gasteiger partial charge in [-0.2, -0.15) is 0 Å². The molecule has 0 spiro atoms. The van der Waals surface area contributed by atoms with Gasteiger partial charge in [-0.05, 0) is 61.4 Å². The molecule has 0 aromatic heterocycles. The zero-order valence-electron chi connectivity index (χ0n) is 10.8. The molecule has 1 fully saturated rings. The van der Waals surface area contributed by atoms with Gasteiger partial charge in [-0.3, -0.25) is 4.79 Å². The fourth-order valence-corrected chi connectivity index (χ4v) is 1.96. The number of anilines is 1. The lowest BCUT2D eigenvalue weighted by atomic mass is 10.3.